The molecule has 1 aliphatic carbocycles. The van der Waals surface area contributed by atoms with Gasteiger partial charge in [-0.1, -0.05) is 42.5 Å². The number of nitrogens with two attached hydrogens (primary N) is 1. The largest absolute Gasteiger partial charge is 0.331 e. The number of hydrogen-bond acceptors (Lipinski definition) is 2. The molecule has 2 aromatic rings. The molecule has 3 heteroatoms. The Morgan fingerprint density at radius 2 is 1.67 bits per heavy atom. The fraction of sp³-hybridized carbons (Fsp3) is 0.278. The minimum atomic E-state index is 0.116. The predicted molar refractivity (Wildman–Crippen MR) is 83.7 cm³/mol. The topological polar surface area (TPSA) is 46.3 Å². The van der Waals surface area contributed by atoms with Gasteiger partial charge in [-0.05, 0) is 36.1 Å². The number of rotatable bonds is 5. The van der Waals surface area contributed by atoms with Gasteiger partial charge in [0.15, 0.2) is 0 Å². The molecule has 21 heavy (non-hydrogen) atoms. The number of amides is 1. The Morgan fingerprint density at radius 3 is 2.24 bits per heavy atom. The predicted octanol–water partition coefficient (Wildman–Crippen LogP) is 2.95. The fourth-order valence-electron chi connectivity index (χ4n) is 2.48. The lowest BCUT2D eigenvalue weighted by molar-refractivity contribution is 0.0730. The van der Waals surface area contributed by atoms with Gasteiger partial charge in [-0.15, -0.1) is 0 Å². The van der Waals surface area contributed by atoms with Crippen molar-refractivity contribution in [3.05, 3.63) is 71.3 Å². The first-order valence-corrected chi connectivity index (χ1v) is 7.42. The van der Waals surface area contributed by atoms with E-state index < -0.39 is 0 Å². The van der Waals surface area contributed by atoms with E-state index >= 15 is 0 Å². The van der Waals surface area contributed by atoms with Crippen molar-refractivity contribution >= 4 is 5.91 Å². The van der Waals surface area contributed by atoms with Gasteiger partial charge in [-0.2, -0.15) is 0 Å². The van der Waals surface area contributed by atoms with Gasteiger partial charge >= 0.3 is 0 Å². The lowest BCUT2D eigenvalue weighted by atomic mass is 10.1. The number of carbonyl (C=O) groups is 1. The molecule has 1 amide bonds. The summed E-state index contributed by atoms with van der Waals surface area (Å²) in [6, 6.07) is 18.2. The maximum absolute atomic E-state index is 12.7. The van der Waals surface area contributed by atoms with Gasteiger partial charge in [0.2, 0.25) is 0 Å². The third-order valence-corrected chi connectivity index (χ3v) is 3.88. The molecule has 0 radical (unpaired) electrons. The fourth-order valence-corrected chi connectivity index (χ4v) is 2.48. The SMILES string of the molecule is NCc1ccc(C(=O)N(Cc2ccccc2)C2CC2)cc1. The highest BCUT2D eigenvalue weighted by molar-refractivity contribution is 5.94. The van der Waals surface area contributed by atoms with Crippen LogP contribution in [0.25, 0.3) is 0 Å². The molecule has 3 rings (SSSR count). The van der Waals surface area contributed by atoms with Gasteiger partial charge in [-0.25, -0.2) is 0 Å². The molecule has 0 atom stereocenters. The molecule has 0 aromatic heterocycles. The Kier molecular flexibility index (Phi) is 4.02. The second-order valence-electron chi connectivity index (χ2n) is 5.55. The molecule has 0 saturated heterocycles. The summed E-state index contributed by atoms with van der Waals surface area (Å²) < 4.78 is 0. The van der Waals surface area contributed by atoms with Crippen molar-refractivity contribution in [2.45, 2.75) is 32.0 Å². The molecule has 0 heterocycles. The highest BCUT2D eigenvalue weighted by Gasteiger charge is 2.32. The molecule has 1 aliphatic rings. The Morgan fingerprint density at radius 1 is 1.00 bits per heavy atom. The van der Waals surface area contributed by atoms with Gasteiger partial charge in [-0.3, -0.25) is 4.79 Å². The van der Waals surface area contributed by atoms with E-state index in [1.54, 1.807) is 0 Å². The molecule has 0 unspecified atom stereocenters. The van der Waals surface area contributed by atoms with Crippen LogP contribution in [0.3, 0.4) is 0 Å². The zero-order valence-corrected chi connectivity index (χ0v) is 12.0. The second-order valence-corrected chi connectivity index (χ2v) is 5.55. The number of hydrogen-bond donors (Lipinski definition) is 1. The summed E-state index contributed by atoms with van der Waals surface area (Å²) >= 11 is 0. The van der Waals surface area contributed by atoms with E-state index in [1.807, 2.05) is 47.4 Å². The molecule has 2 N–H and O–H groups in total. The van der Waals surface area contributed by atoms with E-state index in [4.69, 9.17) is 5.73 Å². The first-order chi connectivity index (χ1) is 10.3. The third kappa shape index (κ3) is 3.31. The number of nitrogens with zero attached hydrogens (tertiary/aromatic N) is 1. The van der Waals surface area contributed by atoms with Crippen LogP contribution in [-0.2, 0) is 13.1 Å². The average Bonchev–Trinajstić information content (AvgIpc) is 3.38. The molecular formula is C18H20N2O. The molecular weight excluding hydrogens is 260 g/mol. The smallest absolute Gasteiger partial charge is 0.254 e. The second kappa shape index (κ2) is 6.10. The van der Waals surface area contributed by atoms with Crippen LogP contribution in [-0.4, -0.2) is 16.8 Å². The van der Waals surface area contributed by atoms with Crippen LogP contribution in [0.15, 0.2) is 54.6 Å². The summed E-state index contributed by atoms with van der Waals surface area (Å²) in [5, 5.41) is 0. The van der Waals surface area contributed by atoms with Gasteiger partial charge in [0.1, 0.15) is 0 Å². The maximum atomic E-state index is 12.7. The number of carbonyl (C=O) groups excluding carboxylic acids is 1. The molecule has 108 valence electrons. The van der Waals surface area contributed by atoms with Crippen molar-refractivity contribution in [2.24, 2.45) is 5.73 Å². The van der Waals surface area contributed by atoms with E-state index in [9.17, 15) is 4.79 Å². The highest BCUT2D eigenvalue weighted by Crippen LogP contribution is 2.29. The van der Waals surface area contributed by atoms with Crippen LogP contribution in [0.1, 0.15) is 34.3 Å². The van der Waals surface area contributed by atoms with Crippen LogP contribution in [0.4, 0.5) is 0 Å². The summed E-state index contributed by atoms with van der Waals surface area (Å²) in [6.07, 6.45) is 2.22. The normalized spacial score (nSPS) is 14.0. The van der Waals surface area contributed by atoms with Gasteiger partial charge < -0.3 is 10.6 Å². The van der Waals surface area contributed by atoms with E-state index in [2.05, 4.69) is 12.1 Å². The van der Waals surface area contributed by atoms with Crippen LogP contribution in [0.2, 0.25) is 0 Å². The first kappa shape index (κ1) is 13.8. The van der Waals surface area contributed by atoms with Crippen molar-refractivity contribution < 1.29 is 4.79 Å². The Balaban J connectivity index is 1.78. The van der Waals surface area contributed by atoms with E-state index in [0.717, 1.165) is 24.0 Å². The monoisotopic (exact) mass is 280 g/mol. The summed E-state index contributed by atoms with van der Waals surface area (Å²) in [4.78, 5) is 14.7. The van der Waals surface area contributed by atoms with Crippen molar-refractivity contribution in [1.29, 1.82) is 0 Å². The zero-order valence-electron chi connectivity index (χ0n) is 12.0. The highest BCUT2D eigenvalue weighted by atomic mass is 16.2. The van der Waals surface area contributed by atoms with E-state index in [0.29, 0.717) is 19.1 Å². The quantitative estimate of drug-likeness (QED) is 0.915. The zero-order chi connectivity index (χ0) is 14.7. The number of benzene rings is 2. The lowest BCUT2D eigenvalue weighted by Crippen LogP contribution is -2.32. The van der Waals surface area contributed by atoms with Gasteiger partial charge in [0.25, 0.3) is 5.91 Å². The first-order valence-electron chi connectivity index (χ1n) is 7.42. The summed E-state index contributed by atoms with van der Waals surface area (Å²) in [6.45, 7) is 1.19. The Hall–Kier alpha value is -2.13. The summed E-state index contributed by atoms with van der Waals surface area (Å²) in [5.74, 6) is 0.116. The third-order valence-electron chi connectivity index (χ3n) is 3.88. The van der Waals surface area contributed by atoms with E-state index in [1.165, 1.54) is 5.56 Å². The molecule has 1 saturated carbocycles. The van der Waals surface area contributed by atoms with Gasteiger partial charge in [0, 0.05) is 24.7 Å². The van der Waals surface area contributed by atoms with Crippen molar-refractivity contribution in [3.63, 3.8) is 0 Å². The molecule has 3 nitrogen and oxygen atoms in total. The van der Waals surface area contributed by atoms with Crippen molar-refractivity contribution in [3.8, 4) is 0 Å². The minimum absolute atomic E-state index is 0.116. The average molecular weight is 280 g/mol. The molecule has 0 spiro atoms. The Labute approximate surface area is 125 Å². The van der Waals surface area contributed by atoms with Crippen molar-refractivity contribution in [1.82, 2.24) is 4.90 Å². The molecule has 0 bridgehead atoms. The summed E-state index contributed by atoms with van der Waals surface area (Å²) in [7, 11) is 0. The standard InChI is InChI=1S/C18H20N2O/c19-12-14-6-8-16(9-7-14)18(21)20(17-10-11-17)13-15-4-2-1-3-5-15/h1-9,17H,10-13,19H2. The van der Waals surface area contributed by atoms with Crippen LogP contribution >= 0.6 is 0 Å². The van der Waals surface area contributed by atoms with Crippen molar-refractivity contribution in [2.75, 3.05) is 0 Å². The molecule has 0 aliphatic heterocycles. The van der Waals surface area contributed by atoms with Crippen LogP contribution in [0.5, 0.6) is 0 Å². The van der Waals surface area contributed by atoms with Crippen LogP contribution < -0.4 is 5.73 Å². The maximum Gasteiger partial charge on any atom is 0.254 e. The lowest BCUT2D eigenvalue weighted by Gasteiger charge is -2.23. The van der Waals surface area contributed by atoms with E-state index in [-0.39, 0.29) is 5.91 Å². The molecule has 2 aromatic carbocycles. The van der Waals surface area contributed by atoms with Gasteiger partial charge in [0.05, 0.1) is 0 Å². The Bertz CT molecular complexity index is 603. The summed E-state index contributed by atoms with van der Waals surface area (Å²) in [5.41, 5.74) is 8.57. The minimum Gasteiger partial charge on any atom is -0.331 e. The van der Waals surface area contributed by atoms with Crippen LogP contribution in [0, 0.1) is 0 Å². The molecule has 1 fully saturated rings.